The Hall–Kier alpha value is -4.08. The summed E-state index contributed by atoms with van der Waals surface area (Å²) in [4.78, 5) is 52.3. The smallest absolute Gasteiger partial charge is 0.411 e. The SMILES string of the molecule is COC(=O)[C@@H]1C[C@H](NC(=O)[C@H](Cc2ccccc2)NC(=O)OCc2ccccc2)CN1C(=O)OC(C)(C)C. The van der Waals surface area contributed by atoms with Gasteiger partial charge in [0, 0.05) is 25.4 Å². The number of benzene rings is 2. The van der Waals surface area contributed by atoms with Crippen LogP contribution in [0.25, 0.3) is 0 Å². The number of methoxy groups -OCH3 is 1. The van der Waals surface area contributed by atoms with Crippen LogP contribution in [0.4, 0.5) is 9.59 Å². The number of ether oxygens (including phenoxy) is 3. The monoisotopic (exact) mass is 525 g/mol. The first-order valence-electron chi connectivity index (χ1n) is 12.4. The number of carbonyl (C=O) groups is 4. The molecule has 0 spiro atoms. The van der Waals surface area contributed by atoms with Crippen molar-refractivity contribution in [3.63, 3.8) is 0 Å². The first-order valence-corrected chi connectivity index (χ1v) is 12.4. The van der Waals surface area contributed by atoms with E-state index < -0.39 is 47.8 Å². The minimum atomic E-state index is -0.951. The number of rotatable bonds is 8. The molecule has 1 heterocycles. The third-order valence-corrected chi connectivity index (χ3v) is 5.85. The Labute approximate surface area is 222 Å². The lowest BCUT2D eigenvalue weighted by Gasteiger charge is -2.27. The summed E-state index contributed by atoms with van der Waals surface area (Å²) in [6, 6.07) is 16.0. The van der Waals surface area contributed by atoms with E-state index in [0.717, 1.165) is 11.1 Å². The highest BCUT2D eigenvalue weighted by atomic mass is 16.6. The fourth-order valence-corrected chi connectivity index (χ4v) is 4.09. The second kappa shape index (κ2) is 12.9. The molecule has 0 bridgehead atoms. The van der Waals surface area contributed by atoms with E-state index in [9.17, 15) is 19.2 Å². The highest BCUT2D eigenvalue weighted by Gasteiger charge is 2.43. The maximum absolute atomic E-state index is 13.3. The van der Waals surface area contributed by atoms with Crippen molar-refractivity contribution in [2.75, 3.05) is 13.7 Å². The summed E-state index contributed by atoms with van der Waals surface area (Å²) >= 11 is 0. The van der Waals surface area contributed by atoms with Gasteiger partial charge >= 0.3 is 18.2 Å². The van der Waals surface area contributed by atoms with Crippen LogP contribution in [-0.2, 0) is 36.8 Å². The van der Waals surface area contributed by atoms with Crippen LogP contribution >= 0.6 is 0 Å². The van der Waals surface area contributed by atoms with E-state index in [2.05, 4.69) is 10.6 Å². The minimum Gasteiger partial charge on any atom is -0.467 e. The molecule has 2 aromatic carbocycles. The number of likely N-dealkylation sites (tertiary alicyclic amines) is 1. The molecule has 1 saturated heterocycles. The van der Waals surface area contributed by atoms with Crippen LogP contribution in [0.1, 0.15) is 38.3 Å². The van der Waals surface area contributed by atoms with Gasteiger partial charge in [-0.25, -0.2) is 14.4 Å². The van der Waals surface area contributed by atoms with Gasteiger partial charge in [0.25, 0.3) is 0 Å². The van der Waals surface area contributed by atoms with Gasteiger partial charge < -0.3 is 24.8 Å². The van der Waals surface area contributed by atoms with E-state index in [1.54, 1.807) is 20.8 Å². The molecule has 3 atom stereocenters. The van der Waals surface area contributed by atoms with Gasteiger partial charge in [-0.3, -0.25) is 9.69 Å². The highest BCUT2D eigenvalue weighted by Crippen LogP contribution is 2.23. The first-order chi connectivity index (χ1) is 18.1. The maximum Gasteiger partial charge on any atom is 0.411 e. The van der Waals surface area contributed by atoms with Gasteiger partial charge in [0.05, 0.1) is 7.11 Å². The van der Waals surface area contributed by atoms with E-state index in [-0.39, 0.29) is 26.0 Å². The van der Waals surface area contributed by atoms with Crippen molar-refractivity contribution in [2.24, 2.45) is 0 Å². The topological polar surface area (TPSA) is 123 Å². The van der Waals surface area contributed by atoms with Gasteiger partial charge in [-0.05, 0) is 31.9 Å². The maximum atomic E-state index is 13.3. The van der Waals surface area contributed by atoms with Crippen LogP contribution in [0.2, 0.25) is 0 Å². The average Bonchev–Trinajstić information content (AvgIpc) is 3.31. The molecule has 10 heteroatoms. The Bertz CT molecular complexity index is 1100. The number of esters is 1. The van der Waals surface area contributed by atoms with E-state index in [0.29, 0.717) is 0 Å². The number of nitrogens with zero attached hydrogens (tertiary/aromatic N) is 1. The molecule has 38 heavy (non-hydrogen) atoms. The third-order valence-electron chi connectivity index (χ3n) is 5.85. The Morgan fingerprint density at radius 2 is 1.58 bits per heavy atom. The van der Waals surface area contributed by atoms with Crippen molar-refractivity contribution < 1.29 is 33.4 Å². The Kier molecular flexibility index (Phi) is 9.70. The number of nitrogens with one attached hydrogen (secondary N) is 2. The Balaban J connectivity index is 1.69. The molecule has 204 valence electrons. The molecular formula is C28H35N3O7. The largest absolute Gasteiger partial charge is 0.467 e. The molecule has 0 unspecified atom stereocenters. The van der Waals surface area contributed by atoms with Crippen LogP contribution in [-0.4, -0.2) is 66.3 Å². The molecule has 2 aromatic rings. The number of alkyl carbamates (subject to hydrolysis) is 1. The average molecular weight is 526 g/mol. The second-order valence-corrected chi connectivity index (χ2v) is 10.1. The van der Waals surface area contributed by atoms with E-state index >= 15 is 0 Å². The van der Waals surface area contributed by atoms with Crippen molar-refractivity contribution in [3.05, 3.63) is 71.8 Å². The standard InChI is InChI=1S/C28H35N3O7/c1-28(2,3)38-27(35)31-17-21(16-23(31)25(33)36-4)29-24(32)22(15-19-11-7-5-8-12-19)30-26(34)37-18-20-13-9-6-10-14-20/h5-14,21-23H,15-18H2,1-4H3,(H,29,32)(H,30,34)/t21-,22-,23-/m0/s1. The van der Waals surface area contributed by atoms with Crippen molar-refractivity contribution >= 4 is 24.1 Å². The molecular weight excluding hydrogens is 490 g/mol. The molecule has 3 rings (SSSR count). The lowest BCUT2D eigenvalue weighted by atomic mass is 10.0. The fraction of sp³-hybridized carbons (Fsp3) is 0.429. The summed E-state index contributed by atoms with van der Waals surface area (Å²) in [6.07, 6.45) is -1.04. The number of carbonyl (C=O) groups excluding carboxylic acids is 4. The first kappa shape index (κ1) is 28.5. The molecule has 0 aliphatic carbocycles. The molecule has 1 aliphatic heterocycles. The zero-order valence-electron chi connectivity index (χ0n) is 22.1. The molecule has 0 radical (unpaired) electrons. The van der Waals surface area contributed by atoms with Crippen LogP contribution in [0.3, 0.4) is 0 Å². The summed E-state index contributed by atoms with van der Waals surface area (Å²) < 4.78 is 15.6. The van der Waals surface area contributed by atoms with Crippen LogP contribution < -0.4 is 10.6 Å². The number of amides is 3. The van der Waals surface area contributed by atoms with E-state index in [4.69, 9.17) is 14.2 Å². The summed E-state index contributed by atoms with van der Waals surface area (Å²) in [5.41, 5.74) is 0.892. The molecule has 0 aromatic heterocycles. The Morgan fingerprint density at radius 3 is 2.16 bits per heavy atom. The van der Waals surface area contributed by atoms with E-state index in [1.807, 2.05) is 60.7 Å². The Morgan fingerprint density at radius 1 is 0.974 bits per heavy atom. The molecule has 1 fully saturated rings. The van der Waals surface area contributed by atoms with Crippen molar-refractivity contribution in [3.8, 4) is 0 Å². The zero-order valence-corrected chi connectivity index (χ0v) is 22.1. The molecule has 3 amide bonds. The van der Waals surface area contributed by atoms with Crippen molar-refractivity contribution in [1.82, 2.24) is 15.5 Å². The van der Waals surface area contributed by atoms with Gasteiger partial charge in [-0.2, -0.15) is 0 Å². The van der Waals surface area contributed by atoms with Gasteiger partial charge in [0.15, 0.2) is 0 Å². The number of hydrogen-bond acceptors (Lipinski definition) is 7. The lowest BCUT2D eigenvalue weighted by Crippen LogP contribution is -2.51. The fourth-order valence-electron chi connectivity index (χ4n) is 4.09. The van der Waals surface area contributed by atoms with Gasteiger partial charge in [-0.15, -0.1) is 0 Å². The summed E-state index contributed by atoms with van der Waals surface area (Å²) in [6.45, 7) is 5.29. The molecule has 2 N–H and O–H groups in total. The van der Waals surface area contributed by atoms with Crippen LogP contribution in [0, 0.1) is 0 Å². The second-order valence-electron chi connectivity index (χ2n) is 10.1. The van der Waals surface area contributed by atoms with Gasteiger partial charge in [-0.1, -0.05) is 60.7 Å². The van der Waals surface area contributed by atoms with E-state index in [1.165, 1.54) is 12.0 Å². The normalized spacial score (nSPS) is 17.7. The third kappa shape index (κ3) is 8.50. The van der Waals surface area contributed by atoms with Crippen LogP contribution in [0.15, 0.2) is 60.7 Å². The molecule has 0 saturated carbocycles. The highest BCUT2D eigenvalue weighted by molar-refractivity contribution is 5.87. The predicted octanol–water partition coefficient (Wildman–Crippen LogP) is 3.19. The summed E-state index contributed by atoms with van der Waals surface area (Å²) in [5, 5.41) is 5.52. The predicted molar refractivity (Wildman–Crippen MR) is 139 cm³/mol. The van der Waals surface area contributed by atoms with Crippen molar-refractivity contribution in [2.45, 2.75) is 63.9 Å². The van der Waals surface area contributed by atoms with Gasteiger partial charge in [0.2, 0.25) is 5.91 Å². The summed E-state index contributed by atoms with van der Waals surface area (Å²) in [5.74, 6) is -1.07. The van der Waals surface area contributed by atoms with Crippen molar-refractivity contribution in [1.29, 1.82) is 0 Å². The summed E-state index contributed by atoms with van der Waals surface area (Å²) in [7, 11) is 1.24. The quantitative estimate of drug-likeness (QED) is 0.401. The van der Waals surface area contributed by atoms with Crippen LogP contribution in [0.5, 0.6) is 0 Å². The lowest BCUT2D eigenvalue weighted by molar-refractivity contribution is -0.145. The number of hydrogen-bond donors (Lipinski definition) is 2. The van der Waals surface area contributed by atoms with Gasteiger partial charge in [0.1, 0.15) is 24.3 Å². The minimum absolute atomic E-state index is 0.0525. The molecule has 10 nitrogen and oxygen atoms in total. The molecule has 1 aliphatic rings. The zero-order chi connectivity index (χ0) is 27.7.